The molecule has 0 aliphatic carbocycles. The van der Waals surface area contributed by atoms with Gasteiger partial charge in [-0.1, -0.05) is 12.1 Å². The van der Waals surface area contributed by atoms with Gasteiger partial charge >= 0.3 is 5.97 Å². The van der Waals surface area contributed by atoms with E-state index in [1.807, 2.05) is 0 Å². The Balaban J connectivity index is 2.64. The Morgan fingerprint density at radius 3 is 2.04 bits per heavy atom. The molecule has 0 heterocycles. The molecule has 2 aromatic carbocycles. The minimum atomic E-state index is -1.12. The highest BCUT2D eigenvalue weighted by molar-refractivity contribution is 6.21. The van der Waals surface area contributed by atoms with E-state index in [0.29, 0.717) is 22.6 Å². The number of hydrogen-bond donors (Lipinski definition) is 2. The first-order chi connectivity index (χ1) is 11.5. The van der Waals surface area contributed by atoms with Crippen LogP contribution < -0.4 is 14.2 Å². The molecular weight excluding hydrogens is 312 g/mol. The van der Waals surface area contributed by atoms with Crippen LogP contribution >= 0.6 is 0 Å². The number of aromatic hydroxyl groups is 1. The largest absolute Gasteiger partial charge is 0.508 e. The lowest BCUT2D eigenvalue weighted by Gasteiger charge is -2.16. The van der Waals surface area contributed by atoms with Crippen molar-refractivity contribution in [3.05, 3.63) is 47.5 Å². The summed E-state index contributed by atoms with van der Waals surface area (Å²) in [7, 11) is 4.37. The van der Waals surface area contributed by atoms with Crippen molar-refractivity contribution >= 4 is 17.6 Å². The number of phenolic OH excluding ortho intramolecular Hbond substituents is 1. The molecule has 0 saturated heterocycles. The number of carboxylic acids is 1. The third-order valence-corrected chi connectivity index (χ3v) is 3.43. The van der Waals surface area contributed by atoms with Crippen LogP contribution in [0, 0.1) is 0 Å². The van der Waals surface area contributed by atoms with Gasteiger partial charge in [-0.25, -0.2) is 4.79 Å². The van der Waals surface area contributed by atoms with Crippen LogP contribution in [0.3, 0.4) is 0 Å². The molecule has 0 aliphatic rings. The van der Waals surface area contributed by atoms with Gasteiger partial charge in [0.1, 0.15) is 5.75 Å². The van der Waals surface area contributed by atoms with Crippen LogP contribution in [0.2, 0.25) is 0 Å². The van der Waals surface area contributed by atoms with E-state index in [1.54, 1.807) is 24.3 Å². The Bertz CT molecular complexity index is 762. The fourth-order valence-electron chi connectivity index (χ4n) is 2.31. The van der Waals surface area contributed by atoms with E-state index < -0.39 is 5.97 Å². The van der Waals surface area contributed by atoms with Gasteiger partial charge < -0.3 is 24.4 Å². The van der Waals surface area contributed by atoms with E-state index in [1.165, 1.54) is 39.5 Å². The molecule has 2 aromatic rings. The number of hydrogen-bond acceptors (Lipinski definition) is 5. The van der Waals surface area contributed by atoms with Crippen molar-refractivity contribution in [2.24, 2.45) is 0 Å². The molecule has 0 aliphatic heterocycles. The molecule has 6 nitrogen and oxygen atoms in total. The van der Waals surface area contributed by atoms with Crippen molar-refractivity contribution in [3.63, 3.8) is 0 Å². The van der Waals surface area contributed by atoms with Crippen molar-refractivity contribution < 1.29 is 29.2 Å². The number of methoxy groups -OCH3 is 3. The lowest BCUT2D eigenvalue weighted by atomic mass is 10.0. The lowest BCUT2D eigenvalue weighted by Crippen LogP contribution is -2.04. The smallest absolute Gasteiger partial charge is 0.336 e. The average Bonchev–Trinajstić information content (AvgIpc) is 2.59. The molecule has 126 valence electrons. The van der Waals surface area contributed by atoms with Gasteiger partial charge in [0.15, 0.2) is 11.5 Å². The molecule has 0 fully saturated rings. The molecule has 0 amide bonds. The lowest BCUT2D eigenvalue weighted by molar-refractivity contribution is -0.130. The summed E-state index contributed by atoms with van der Waals surface area (Å²) in [4.78, 5) is 11.7. The van der Waals surface area contributed by atoms with Gasteiger partial charge in [0.05, 0.1) is 26.9 Å². The summed E-state index contributed by atoms with van der Waals surface area (Å²) >= 11 is 0. The third kappa shape index (κ3) is 3.43. The number of carbonyl (C=O) groups is 1. The zero-order chi connectivity index (χ0) is 17.7. The minimum Gasteiger partial charge on any atom is -0.508 e. The van der Waals surface area contributed by atoms with Gasteiger partial charge in [0, 0.05) is 5.56 Å². The maximum atomic E-state index is 11.7. The van der Waals surface area contributed by atoms with Gasteiger partial charge in [-0.05, 0) is 35.9 Å². The van der Waals surface area contributed by atoms with Crippen LogP contribution in [0.15, 0.2) is 36.4 Å². The molecule has 6 heteroatoms. The summed E-state index contributed by atoms with van der Waals surface area (Å²) in [5.74, 6) is 0.00780. The maximum absolute atomic E-state index is 11.7. The summed E-state index contributed by atoms with van der Waals surface area (Å²) in [5, 5.41) is 18.9. The van der Waals surface area contributed by atoms with E-state index >= 15 is 0 Å². The fraction of sp³-hybridized carbons (Fsp3) is 0.167. The second-order valence-corrected chi connectivity index (χ2v) is 4.84. The van der Waals surface area contributed by atoms with Crippen LogP contribution in [0.5, 0.6) is 23.0 Å². The molecule has 0 unspecified atom stereocenters. The topological polar surface area (TPSA) is 85.2 Å². The fourth-order valence-corrected chi connectivity index (χ4v) is 2.31. The van der Waals surface area contributed by atoms with Crippen molar-refractivity contribution in [2.45, 2.75) is 0 Å². The predicted octanol–water partition coefficient (Wildman–Crippen LogP) is 3.04. The van der Waals surface area contributed by atoms with Crippen LogP contribution in [0.25, 0.3) is 11.6 Å². The van der Waals surface area contributed by atoms with Crippen LogP contribution in [-0.2, 0) is 4.79 Å². The van der Waals surface area contributed by atoms with Crippen LogP contribution in [0.1, 0.15) is 11.1 Å². The minimum absolute atomic E-state index is 0.0264. The quantitative estimate of drug-likeness (QED) is 0.625. The second-order valence-electron chi connectivity index (χ2n) is 4.84. The highest BCUT2D eigenvalue weighted by Crippen LogP contribution is 2.42. The Labute approximate surface area is 139 Å². The van der Waals surface area contributed by atoms with E-state index in [2.05, 4.69) is 0 Å². The molecular formula is C18H18O6. The first kappa shape index (κ1) is 17.2. The number of phenols is 1. The molecule has 0 bridgehead atoms. The Morgan fingerprint density at radius 2 is 1.54 bits per heavy atom. The third-order valence-electron chi connectivity index (χ3n) is 3.43. The van der Waals surface area contributed by atoms with Crippen molar-refractivity contribution in [1.29, 1.82) is 0 Å². The van der Waals surface area contributed by atoms with E-state index in [0.717, 1.165) is 0 Å². The zero-order valence-electron chi connectivity index (χ0n) is 13.6. The van der Waals surface area contributed by atoms with Crippen LogP contribution in [-0.4, -0.2) is 37.5 Å². The molecule has 0 radical (unpaired) electrons. The van der Waals surface area contributed by atoms with Crippen molar-refractivity contribution in [1.82, 2.24) is 0 Å². The Kier molecular flexibility index (Phi) is 5.31. The van der Waals surface area contributed by atoms with E-state index in [-0.39, 0.29) is 17.1 Å². The number of ether oxygens (including phenoxy) is 3. The molecule has 0 saturated carbocycles. The SMILES string of the molecule is COc1ccc(/C(=C/c2ccc(O)cc2)C(=O)O)c(OC)c1OC. The Morgan fingerprint density at radius 1 is 0.917 bits per heavy atom. The highest BCUT2D eigenvalue weighted by Gasteiger charge is 2.22. The summed E-state index contributed by atoms with van der Waals surface area (Å²) < 4.78 is 15.8. The van der Waals surface area contributed by atoms with Gasteiger partial charge in [0.25, 0.3) is 0 Å². The molecule has 0 atom stereocenters. The molecule has 2 rings (SSSR count). The number of aliphatic carboxylic acids is 1. The predicted molar refractivity (Wildman–Crippen MR) is 89.7 cm³/mol. The van der Waals surface area contributed by atoms with Gasteiger partial charge in [-0.2, -0.15) is 0 Å². The van der Waals surface area contributed by atoms with E-state index in [4.69, 9.17) is 14.2 Å². The number of benzene rings is 2. The molecule has 24 heavy (non-hydrogen) atoms. The first-order valence-corrected chi connectivity index (χ1v) is 7.05. The number of carboxylic acid groups (broad SMARTS) is 1. The summed E-state index contributed by atoms with van der Waals surface area (Å²) in [6, 6.07) is 9.41. The van der Waals surface area contributed by atoms with Gasteiger partial charge in [-0.3, -0.25) is 0 Å². The molecule has 0 spiro atoms. The standard InChI is InChI=1S/C18H18O6/c1-22-15-9-8-13(16(23-2)17(15)24-3)14(18(20)21)10-11-4-6-12(19)7-5-11/h4-10,19H,1-3H3,(H,20,21)/b14-10-. The van der Waals surface area contributed by atoms with Crippen molar-refractivity contribution in [2.75, 3.05) is 21.3 Å². The van der Waals surface area contributed by atoms with E-state index in [9.17, 15) is 15.0 Å². The summed E-state index contributed by atoms with van der Waals surface area (Å²) in [5.41, 5.74) is 1.01. The van der Waals surface area contributed by atoms with Gasteiger partial charge in [-0.15, -0.1) is 0 Å². The van der Waals surface area contributed by atoms with Crippen LogP contribution in [0.4, 0.5) is 0 Å². The van der Waals surface area contributed by atoms with Gasteiger partial charge in [0.2, 0.25) is 5.75 Å². The normalized spacial score (nSPS) is 11.0. The monoisotopic (exact) mass is 330 g/mol. The molecule has 0 aromatic heterocycles. The Hall–Kier alpha value is -3.15. The first-order valence-electron chi connectivity index (χ1n) is 7.05. The summed E-state index contributed by atoms with van der Waals surface area (Å²) in [6.07, 6.45) is 1.49. The maximum Gasteiger partial charge on any atom is 0.336 e. The second kappa shape index (κ2) is 7.41. The molecule has 2 N–H and O–H groups in total. The summed E-state index contributed by atoms with van der Waals surface area (Å²) in [6.45, 7) is 0. The highest BCUT2D eigenvalue weighted by atomic mass is 16.5. The zero-order valence-corrected chi connectivity index (χ0v) is 13.6. The van der Waals surface area contributed by atoms with Crippen molar-refractivity contribution in [3.8, 4) is 23.0 Å². The number of rotatable bonds is 6. The average molecular weight is 330 g/mol.